The smallest absolute Gasteiger partial charge is 0.303 e. The van der Waals surface area contributed by atoms with Gasteiger partial charge < -0.3 is 10.2 Å². The Morgan fingerprint density at radius 1 is 0.917 bits per heavy atom. The second kappa shape index (κ2) is 16.9. The molecule has 8 heteroatoms. The molecule has 12 heavy (non-hydrogen) atoms. The summed E-state index contributed by atoms with van der Waals surface area (Å²) in [5.41, 5.74) is 0. The lowest BCUT2D eigenvalue weighted by atomic mass is 10.3. The molecule has 0 saturated carbocycles. The van der Waals surface area contributed by atoms with Crippen molar-refractivity contribution in [2.75, 3.05) is 0 Å². The topological polar surface area (TPSA) is 127 Å². The van der Waals surface area contributed by atoms with Gasteiger partial charge in [0.15, 0.2) is 0 Å². The van der Waals surface area contributed by atoms with Gasteiger partial charge in [-0.2, -0.15) is 0 Å². The van der Waals surface area contributed by atoms with Crippen LogP contribution in [0.15, 0.2) is 0 Å². The van der Waals surface area contributed by atoms with Gasteiger partial charge in [0.25, 0.3) is 0 Å². The minimum absolute atomic E-state index is 0.296. The molecule has 6 N–H and O–H groups in total. The van der Waals surface area contributed by atoms with Gasteiger partial charge in [-0.15, -0.1) is 25.6 Å². The van der Waals surface area contributed by atoms with Gasteiger partial charge in [-0.05, 0) is 0 Å². The second-order valence-corrected chi connectivity index (χ2v) is 1.29. The van der Waals surface area contributed by atoms with E-state index in [-0.39, 0.29) is 12.8 Å². The van der Waals surface area contributed by atoms with Crippen LogP contribution in [0.1, 0.15) is 12.8 Å². The molecule has 6 nitrogen and oxygen atoms in total. The van der Waals surface area contributed by atoms with E-state index >= 15 is 0 Å². The second-order valence-electron chi connectivity index (χ2n) is 1.29. The Hall–Kier alpha value is -0.440. The molecule has 0 rings (SSSR count). The van der Waals surface area contributed by atoms with Crippen LogP contribution in [0.5, 0.6) is 0 Å². The van der Waals surface area contributed by atoms with Crippen molar-refractivity contribution in [2.24, 2.45) is 10.3 Å². The first-order chi connectivity index (χ1) is 5.63. The SMILES string of the molecule is NS.NS.O=C(O)CCC(=O)O. The molecule has 0 spiro atoms. The highest BCUT2D eigenvalue weighted by Gasteiger charge is 2.00. The van der Waals surface area contributed by atoms with Gasteiger partial charge in [-0.25, -0.2) is 0 Å². The van der Waals surface area contributed by atoms with E-state index in [0.29, 0.717) is 0 Å². The lowest BCUT2D eigenvalue weighted by Gasteiger charge is -1.85. The Morgan fingerprint density at radius 3 is 1.17 bits per heavy atom. The Morgan fingerprint density at radius 2 is 1.08 bits per heavy atom. The number of nitrogens with two attached hydrogens (primary N) is 2. The Bertz CT molecular complexity index is 108. The number of rotatable bonds is 3. The largest absolute Gasteiger partial charge is 0.481 e. The van der Waals surface area contributed by atoms with Crippen molar-refractivity contribution in [3.63, 3.8) is 0 Å². The van der Waals surface area contributed by atoms with Gasteiger partial charge in [0.05, 0.1) is 12.8 Å². The van der Waals surface area contributed by atoms with Gasteiger partial charge in [0.1, 0.15) is 0 Å². The van der Waals surface area contributed by atoms with Crippen LogP contribution < -0.4 is 10.3 Å². The fourth-order valence-electron chi connectivity index (χ4n) is 0.214. The minimum Gasteiger partial charge on any atom is -0.481 e. The summed E-state index contributed by atoms with van der Waals surface area (Å²) < 4.78 is 0. The minimum atomic E-state index is -1.08. The van der Waals surface area contributed by atoms with E-state index in [2.05, 4.69) is 35.9 Å². The van der Waals surface area contributed by atoms with Crippen molar-refractivity contribution in [3.05, 3.63) is 0 Å². The monoisotopic (exact) mass is 216 g/mol. The third-order valence-corrected chi connectivity index (χ3v) is 0.553. The quantitative estimate of drug-likeness (QED) is 0.354. The molecule has 0 unspecified atom stereocenters. The van der Waals surface area contributed by atoms with E-state index in [1.165, 1.54) is 0 Å². The Labute approximate surface area is 81.0 Å². The summed E-state index contributed by atoms with van der Waals surface area (Å²) in [6.45, 7) is 0. The van der Waals surface area contributed by atoms with E-state index < -0.39 is 11.9 Å². The predicted molar refractivity (Wildman–Crippen MR) is 50.9 cm³/mol. The lowest BCUT2D eigenvalue weighted by Crippen LogP contribution is -2.00. The van der Waals surface area contributed by atoms with Gasteiger partial charge in [0.2, 0.25) is 0 Å². The van der Waals surface area contributed by atoms with Gasteiger partial charge >= 0.3 is 11.9 Å². The molecule has 0 aromatic carbocycles. The van der Waals surface area contributed by atoms with E-state index in [0.717, 1.165) is 0 Å². The van der Waals surface area contributed by atoms with Crippen LogP contribution in [-0.2, 0) is 9.59 Å². The summed E-state index contributed by atoms with van der Waals surface area (Å²) in [6.07, 6.45) is -0.593. The number of carbonyl (C=O) groups is 2. The number of thiol groups is 2. The molecule has 0 radical (unpaired) electrons. The zero-order valence-corrected chi connectivity index (χ0v) is 7.96. The number of carboxylic acids is 2. The van der Waals surface area contributed by atoms with Crippen LogP contribution in [0, 0.1) is 0 Å². The molecule has 0 heterocycles. The fourth-order valence-corrected chi connectivity index (χ4v) is 0.214. The first-order valence-corrected chi connectivity index (χ1v) is 3.61. The summed E-state index contributed by atoms with van der Waals surface area (Å²) in [5.74, 6) is -2.15. The molecule has 0 aliphatic heterocycles. The van der Waals surface area contributed by atoms with Crippen LogP contribution >= 0.6 is 25.6 Å². The molecule has 74 valence electrons. The normalized spacial score (nSPS) is 6.67. The molecular formula is C4H12N2O4S2. The van der Waals surface area contributed by atoms with Crippen LogP contribution in [0.4, 0.5) is 0 Å². The third kappa shape index (κ3) is 33.7. The van der Waals surface area contributed by atoms with Crippen LogP contribution in [-0.4, -0.2) is 22.2 Å². The number of carboxylic acid groups (broad SMARTS) is 2. The van der Waals surface area contributed by atoms with Gasteiger partial charge in [-0.1, -0.05) is 0 Å². The van der Waals surface area contributed by atoms with Crippen LogP contribution in [0.25, 0.3) is 0 Å². The highest BCUT2D eigenvalue weighted by Crippen LogP contribution is 1.85. The number of aliphatic carboxylic acids is 2. The van der Waals surface area contributed by atoms with Gasteiger partial charge in [0, 0.05) is 0 Å². The zero-order valence-electron chi connectivity index (χ0n) is 6.17. The van der Waals surface area contributed by atoms with Crippen molar-refractivity contribution in [1.29, 1.82) is 0 Å². The molecule has 0 saturated heterocycles. The fraction of sp³-hybridized carbons (Fsp3) is 0.500. The molecule has 0 amide bonds. The van der Waals surface area contributed by atoms with E-state index in [4.69, 9.17) is 10.2 Å². The highest BCUT2D eigenvalue weighted by atomic mass is 32.1. The van der Waals surface area contributed by atoms with Crippen molar-refractivity contribution in [3.8, 4) is 0 Å². The van der Waals surface area contributed by atoms with Crippen LogP contribution in [0.3, 0.4) is 0 Å². The Balaban J connectivity index is -0.000000175. The maximum Gasteiger partial charge on any atom is 0.303 e. The summed E-state index contributed by atoms with van der Waals surface area (Å²) in [5, 5.41) is 24.2. The highest BCUT2D eigenvalue weighted by molar-refractivity contribution is 7.77. The summed E-state index contributed by atoms with van der Waals surface area (Å²) in [6, 6.07) is 0. The van der Waals surface area contributed by atoms with Crippen molar-refractivity contribution in [2.45, 2.75) is 12.8 Å². The van der Waals surface area contributed by atoms with Crippen LogP contribution in [0.2, 0.25) is 0 Å². The first kappa shape index (κ1) is 17.6. The number of hydrogen-bond donors (Lipinski definition) is 6. The molecule has 0 aliphatic rings. The van der Waals surface area contributed by atoms with E-state index in [9.17, 15) is 9.59 Å². The molecule has 0 atom stereocenters. The third-order valence-electron chi connectivity index (χ3n) is 0.553. The van der Waals surface area contributed by atoms with E-state index in [1.807, 2.05) is 0 Å². The van der Waals surface area contributed by atoms with E-state index in [1.54, 1.807) is 0 Å². The summed E-state index contributed by atoms with van der Waals surface area (Å²) >= 11 is 6.06. The summed E-state index contributed by atoms with van der Waals surface area (Å²) in [4.78, 5) is 19.3. The molecule has 0 bridgehead atoms. The number of hydrogen-bond acceptors (Lipinski definition) is 6. The lowest BCUT2D eigenvalue weighted by molar-refractivity contribution is -0.143. The molecule has 0 fully saturated rings. The molecule has 0 aliphatic carbocycles. The average Bonchev–Trinajstić information content (AvgIpc) is 2.08. The van der Waals surface area contributed by atoms with Crippen molar-refractivity contribution in [1.82, 2.24) is 0 Å². The van der Waals surface area contributed by atoms with Crippen molar-refractivity contribution < 1.29 is 19.8 Å². The Kier molecular flexibility index (Phi) is 24.8. The average molecular weight is 216 g/mol. The first-order valence-electron chi connectivity index (χ1n) is 2.58. The standard InChI is InChI=1S/C4H6O4.2H3NS/c5-3(6)1-2-4(7)8;2*1-2/h1-2H2,(H,5,6)(H,7,8);2*2H,1H2. The maximum atomic E-state index is 9.64. The maximum absolute atomic E-state index is 9.64. The zero-order chi connectivity index (χ0) is 10.6. The molecular weight excluding hydrogens is 204 g/mol. The molecule has 0 aromatic rings. The molecule has 0 aromatic heterocycles. The predicted octanol–water partition coefficient (Wildman–Crippen LogP) is -0.484. The van der Waals surface area contributed by atoms with Crippen molar-refractivity contribution >= 4 is 37.6 Å². The summed E-state index contributed by atoms with van der Waals surface area (Å²) in [7, 11) is 0. The van der Waals surface area contributed by atoms with Gasteiger partial charge in [-0.3, -0.25) is 19.9 Å².